The standard InChI is InChI=1S/C38H38N2O5/c1-38(36(41)40-33(24-44-37(40)42)27-13-7-4-8-14-27)25-39(22-26-11-5-3-6-12-26)23-32(38)30-17-18-34(43-2)35(21-30)45-31-19-28-15-9-10-16-29(28)20-31/h3-18,21,31-33H,19-20,22-25H2,1-2H3/t32-,33-,38+/m0/s1. The molecule has 7 nitrogen and oxygen atoms in total. The SMILES string of the molecule is COc1ccc([C@@H]2CN(Cc3ccccc3)C[C@@]2(C)C(=O)N2C(=O)OC[C@H]2c2ccccc2)cc1OC1Cc2ccccc2C1. The summed E-state index contributed by atoms with van der Waals surface area (Å²) < 4.78 is 17.8. The fourth-order valence-electron chi connectivity index (χ4n) is 7.38. The van der Waals surface area contributed by atoms with E-state index in [1.165, 1.54) is 21.6 Å². The number of ether oxygens (including phenoxy) is 3. The van der Waals surface area contributed by atoms with Crippen LogP contribution in [0, 0.1) is 5.41 Å². The van der Waals surface area contributed by atoms with Gasteiger partial charge >= 0.3 is 6.09 Å². The van der Waals surface area contributed by atoms with Crippen LogP contribution < -0.4 is 9.47 Å². The zero-order valence-corrected chi connectivity index (χ0v) is 25.7. The van der Waals surface area contributed by atoms with Gasteiger partial charge < -0.3 is 14.2 Å². The molecule has 45 heavy (non-hydrogen) atoms. The molecule has 4 aromatic carbocycles. The zero-order valence-electron chi connectivity index (χ0n) is 25.7. The quantitative estimate of drug-likeness (QED) is 0.227. The van der Waals surface area contributed by atoms with E-state index in [4.69, 9.17) is 14.2 Å². The first-order chi connectivity index (χ1) is 21.9. The number of methoxy groups -OCH3 is 1. The van der Waals surface area contributed by atoms with Crippen LogP contribution in [-0.2, 0) is 28.9 Å². The average Bonchev–Trinajstić information content (AvgIpc) is 3.76. The molecule has 3 atom stereocenters. The van der Waals surface area contributed by atoms with E-state index in [9.17, 15) is 9.59 Å². The summed E-state index contributed by atoms with van der Waals surface area (Å²) in [6.07, 6.45) is 1.09. The van der Waals surface area contributed by atoms with Gasteiger partial charge in [0, 0.05) is 38.4 Å². The van der Waals surface area contributed by atoms with Crippen LogP contribution in [0.2, 0.25) is 0 Å². The van der Waals surface area contributed by atoms with Gasteiger partial charge in [-0.05, 0) is 46.9 Å². The lowest BCUT2D eigenvalue weighted by molar-refractivity contribution is -0.139. The van der Waals surface area contributed by atoms with Crippen molar-refractivity contribution in [3.63, 3.8) is 0 Å². The third-order valence-corrected chi connectivity index (χ3v) is 9.67. The summed E-state index contributed by atoms with van der Waals surface area (Å²) >= 11 is 0. The van der Waals surface area contributed by atoms with Gasteiger partial charge in [0.05, 0.1) is 12.5 Å². The highest BCUT2D eigenvalue weighted by molar-refractivity contribution is 5.97. The van der Waals surface area contributed by atoms with Crippen LogP contribution in [0.5, 0.6) is 11.5 Å². The first-order valence-electron chi connectivity index (χ1n) is 15.7. The number of carbonyl (C=O) groups is 2. The fourth-order valence-corrected chi connectivity index (χ4v) is 7.38. The highest BCUT2D eigenvalue weighted by Gasteiger charge is 2.54. The van der Waals surface area contributed by atoms with Gasteiger partial charge in [-0.2, -0.15) is 0 Å². The number of rotatable bonds is 8. The molecule has 0 radical (unpaired) electrons. The summed E-state index contributed by atoms with van der Waals surface area (Å²) in [5.41, 5.74) is 4.77. The molecule has 0 bridgehead atoms. The Morgan fingerprint density at radius 1 is 0.867 bits per heavy atom. The van der Waals surface area contributed by atoms with E-state index in [1.807, 2.05) is 73.7 Å². The molecule has 2 amide bonds. The number of amides is 2. The molecule has 2 heterocycles. The molecule has 1 aliphatic carbocycles. The Morgan fingerprint density at radius 3 is 2.22 bits per heavy atom. The summed E-state index contributed by atoms with van der Waals surface area (Å²) in [7, 11) is 1.65. The Hall–Kier alpha value is -4.62. The van der Waals surface area contributed by atoms with Crippen LogP contribution in [0.3, 0.4) is 0 Å². The van der Waals surface area contributed by atoms with Gasteiger partial charge in [0.2, 0.25) is 5.91 Å². The van der Waals surface area contributed by atoms with Crippen molar-refractivity contribution in [2.75, 3.05) is 26.8 Å². The van der Waals surface area contributed by atoms with Crippen molar-refractivity contribution in [2.45, 2.75) is 44.4 Å². The molecular formula is C38H38N2O5. The van der Waals surface area contributed by atoms with Gasteiger partial charge in [-0.1, -0.05) is 91.0 Å². The number of benzene rings is 4. The lowest BCUT2D eigenvalue weighted by atomic mass is 9.74. The minimum absolute atomic E-state index is 0.00345. The second-order valence-electron chi connectivity index (χ2n) is 12.6. The minimum Gasteiger partial charge on any atom is -0.493 e. The average molecular weight is 603 g/mol. The molecule has 7 rings (SSSR count). The molecule has 2 saturated heterocycles. The second-order valence-corrected chi connectivity index (χ2v) is 12.6. The lowest BCUT2D eigenvalue weighted by Crippen LogP contribution is -2.47. The molecule has 0 aromatic heterocycles. The Bertz CT molecular complexity index is 1670. The summed E-state index contributed by atoms with van der Waals surface area (Å²) in [6.45, 7) is 3.99. The first kappa shape index (κ1) is 29.1. The number of fused-ring (bicyclic) bond motifs is 1. The van der Waals surface area contributed by atoms with Crippen LogP contribution in [0.15, 0.2) is 103 Å². The second kappa shape index (κ2) is 12.1. The molecule has 3 aliphatic rings. The van der Waals surface area contributed by atoms with Gasteiger partial charge in [0.1, 0.15) is 18.8 Å². The van der Waals surface area contributed by atoms with E-state index in [1.54, 1.807) is 7.11 Å². The van der Waals surface area contributed by atoms with Crippen molar-refractivity contribution in [2.24, 2.45) is 5.41 Å². The molecule has 0 spiro atoms. The van der Waals surface area contributed by atoms with Gasteiger partial charge in [0.25, 0.3) is 0 Å². The summed E-state index contributed by atoms with van der Waals surface area (Å²) in [5.74, 6) is 0.914. The molecule has 0 unspecified atom stereocenters. The Labute approximate surface area is 264 Å². The number of nitrogens with zero attached hydrogens (tertiary/aromatic N) is 2. The van der Waals surface area contributed by atoms with E-state index < -0.39 is 17.6 Å². The Kier molecular flexibility index (Phi) is 7.80. The molecular weight excluding hydrogens is 564 g/mol. The maximum absolute atomic E-state index is 14.7. The van der Waals surface area contributed by atoms with E-state index in [2.05, 4.69) is 41.3 Å². The molecule has 0 N–H and O–H groups in total. The zero-order chi connectivity index (χ0) is 31.0. The van der Waals surface area contributed by atoms with E-state index >= 15 is 0 Å². The molecule has 230 valence electrons. The number of likely N-dealkylation sites (tertiary alicyclic amines) is 1. The van der Waals surface area contributed by atoms with E-state index in [0.29, 0.717) is 31.1 Å². The van der Waals surface area contributed by atoms with Crippen LogP contribution >= 0.6 is 0 Å². The largest absolute Gasteiger partial charge is 0.493 e. The summed E-state index contributed by atoms with van der Waals surface area (Å²) in [4.78, 5) is 31.5. The van der Waals surface area contributed by atoms with Crippen molar-refractivity contribution in [1.29, 1.82) is 0 Å². The highest BCUT2D eigenvalue weighted by Crippen LogP contribution is 2.48. The van der Waals surface area contributed by atoms with Gasteiger partial charge in [0.15, 0.2) is 11.5 Å². The Balaban J connectivity index is 1.22. The first-order valence-corrected chi connectivity index (χ1v) is 15.7. The minimum atomic E-state index is -0.902. The normalized spacial score (nSPS) is 23.2. The van der Waals surface area contributed by atoms with E-state index in [-0.39, 0.29) is 24.5 Å². The maximum atomic E-state index is 14.7. The summed E-state index contributed by atoms with van der Waals surface area (Å²) in [6, 6.07) is 34.0. The van der Waals surface area contributed by atoms with Crippen molar-refractivity contribution >= 4 is 12.0 Å². The molecule has 2 aliphatic heterocycles. The predicted octanol–water partition coefficient (Wildman–Crippen LogP) is 6.57. The van der Waals surface area contributed by atoms with Crippen LogP contribution in [0.1, 0.15) is 46.7 Å². The number of cyclic esters (lactones) is 1. The van der Waals surface area contributed by atoms with Crippen molar-refractivity contribution < 1.29 is 23.8 Å². The lowest BCUT2D eigenvalue weighted by Gasteiger charge is -2.34. The molecule has 4 aromatic rings. The molecule has 2 fully saturated rings. The Morgan fingerprint density at radius 2 is 1.53 bits per heavy atom. The highest BCUT2D eigenvalue weighted by atomic mass is 16.6. The van der Waals surface area contributed by atoms with Gasteiger partial charge in [-0.25, -0.2) is 9.69 Å². The molecule has 0 saturated carbocycles. The number of carbonyl (C=O) groups excluding carboxylic acids is 2. The number of hydrogen-bond donors (Lipinski definition) is 0. The van der Waals surface area contributed by atoms with Crippen molar-refractivity contribution in [3.8, 4) is 11.5 Å². The monoisotopic (exact) mass is 602 g/mol. The smallest absolute Gasteiger partial charge is 0.417 e. The van der Waals surface area contributed by atoms with E-state index in [0.717, 1.165) is 24.0 Å². The van der Waals surface area contributed by atoms with Crippen LogP contribution in [-0.4, -0.2) is 54.7 Å². The van der Waals surface area contributed by atoms with Crippen LogP contribution in [0.25, 0.3) is 0 Å². The van der Waals surface area contributed by atoms with Gasteiger partial charge in [-0.3, -0.25) is 9.69 Å². The maximum Gasteiger partial charge on any atom is 0.417 e. The van der Waals surface area contributed by atoms with Gasteiger partial charge in [-0.15, -0.1) is 0 Å². The van der Waals surface area contributed by atoms with Crippen molar-refractivity contribution in [1.82, 2.24) is 9.80 Å². The number of hydrogen-bond acceptors (Lipinski definition) is 6. The predicted molar refractivity (Wildman–Crippen MR) is 171 cm³/mol. The number of imide groups is 1. The summed E-state index contributed by atoms with van der Waals surface area (Å²) in [5, 5.41) is 0. The van der Waals surface area contributed by atoms with Crippen molar-refractivity contribution in [3.05, 3.63) is 131 Å². The fraction of sp³-hybridized carbons (Fsp3) is 0.316. The molecule has 7 heteroatoms. The topological polar surface area (TPSA) is 68.3 Å². The third kappa shape index (κ3) is 5.57. The van der Waals surface area contributed by atoms with Crippen LogP contribution in [0.4, 0.5) is 4.79 Å². The third-order valence-electron chi connectivity index (χ3n) is 9.67.